The first-order valence-electron chi connectivity index (χ1n) is 11.6. The molecule has 0 radical (unpaired) electrons. The predicted octanol–water partition coefficient (Wildman–Crippen LogP) is 4.51. The molecule has 0 atom stereocenters. The van der Waals surface area contributed by atoms with Gasteiger partial charge in [-0.1, -0.05) is 39.0 Å². The lowest BCUT2D eigenvalue weighted by molar-refractivity contribution is -0.121. The van der Waals surface area contributed by atoms with Crippen LogP contribution in [0.25, 0.3) is 0 Å². The van der Waals surface area contributed by atoms with E-state index in [9.17, 15) is 13.2 Å². The minimum absolute atomic E-state index is 0.0162. The number of carbonyl (C=O) groups is 1. The Morgan fingerprint density at radius 2 is 1.74 bits per heavy atom. The Balaban J connectivity index is 1.79. The Kier molecular flexibility index (Phi) is 9.79. The molecule has 0 aromatic heterocycles. The number of sulfonamides is 1. The molecule has 7 nitrogen and oxygen atoms in total. The van der Waals surface area contributed by atoms with Crippen LogP contribution in [0.2, 0.25) is 0 Å². The summed E-state index contributed by atoms with van der Waals surface area (Å²) in [5.74, 6) is 1.22. The summed E-state index contributed by atoms with van der Waals surface area (Å²) in [6.07, 6.45) is 1.75. The van der Waals surface area contributed by atoms with Crippen molar-refractivity contribution in [3.05, 3.63) is 54.1 Å². The first kappa shape index (κ1) is 27.5. The molecule has 1 amide bonds. The Morgan fingerprint density at radius 1 is 1.06 bits per heavy atom. The number of rotatable bonds is 12. The maximum atomic E-state index is 12.3. The molecule has 0 bridgehead atoms. The fourth-order valence-electron chi connectivity index (χ4n) is 3.35. The topological polar surface area (TPSA) is 84.9 Å². The van der Waals surface area contributed by atoms with E-state index in [1.807, 2.05) is 38.1 Å². The van der Waals surface area contributed by atoms with Crippen LogP contribution < -0.4 is 19.1 Å². The summed E-state index contributed by atoms with van der Waals surface area (Å²) in [6.45, 7) is 11.2. The molecule has 1 N–H and O–H groups in total. The summed E-state index contributed by atoms with van der Waals surface area (Å²) >= 11 is 0. The lowest BCUT2D eigenvalue weighted by Gasteiger charge is -2.23. The van der Waals surface area contributed by atoms with Gasteiger partial charge in [-0.25, -0.2) is 8.42 Å². The van der Waals surface area contributed by atoms with Crippen LogP contribution in [0.3, 0.4) is 0 Å². The van der Waals surface area contributed by atoms with Crippen LogP contribution >= 0.6 is 0 Å². The first-order valence-corrected chi connectivity index (χ1v) is 13.5. The molecule has 2 aromatic rings. The number of anilines is 1. The van der Waals surface area contributed by atoms with Gasteiger partial charge in [-0.05, 0) is 55.5 Å². The standard InChI is InChI=1S/C26H38N2O5S/c1-20(2)33-24-10-7-9-22(19-24)28(34(6,30)31)17-8-11-25(29)27-16-18-32-23-14-12-21(13-15-23)26(3,4)5/h7,9-10,12-15,19-20H,8,11,16-18H2,1-6H3,(H,27,29). The second-order valence-electron chi connectivity index (χ2n) is 9.58. The van der Waals surface area contributed by atoms with Gasteiger partial charge < -0.3 is 14.8 Å². The number of amides is 1. The van der Waals surface area contributed by atoms with Crippen molar-refractivity contribution in [1.29, 1.82) is 0 Å². The highest BCUT2D eigenvalue weighted by atomic mass is 32.2. The minimum atomic E-state index is -3.50. The van der Waals surface area contributed by atoms with Crippen molar-refractivity contribution in [2.75, 3.05) is 30.3 Å². The van der Waals surface area contributed by atoms with Crippen molar-refractivity contribution in [1.82, 2.24) is 5.32 Å². The molecule has 34 heavy (non-hydrogen) atoms. The third kappa shape index (κ3) is 9.25. The molecule has 0 saturated heterocycles. The van der Waals surface area contributed by atoms with Gasteiger partial charge in [-0.15, -0.1) is 0 Å². The van der Waals surface area contributed by atoms with Crippen molar-refractivity contribution in [3.8, 4) is 11.5 Å². The van der Waals surface area contributed by atoms with Crippen molar-refractivity contribution >= 4 is 21.6 Å². The van der Waals surface area contributed by atoms with Crippen LogP contribution in [0.1, 0.15) is 53.0 Å². The SMILES string of the molecule is CC(C)Oc1cccc(N(CCCC(=O)NCCOc2ccc(C(C)(C)C)cc2)S(C)(=O)=O)c1. The van der Waals surface area contributed by atoms with E-state index in [0.717, 1.165) is 12.0 Å². The first-order chi connectivity index (χ1) is 15.9. The zero-order chi connectivity index (χ0) is 25.4. The molecular weight excluding hydrogens is 452 g/mol. The van der Waals surface area contributed by atoms with Gasteiger partial charge in [0.25, 0.3) is 0 Å². The Labute approximate surface area is 204 Å². The molecule has 0 aliphatic carbocycles. The van der Waals surface area contributed by atoms with E-state index in [1.165, 1.54) is 9.87 Å². The van der Waals surface area contributed by atoms with E-state index in [1.54, 1.807) is 24.3 Å². The summed E-state index contributed by atoms with van der Waals surface area (Å²) in [5.41, 5.74) is 1.84. The summed E-state index contributed by atoms with van der Waals surface area (Å²) in [4.78, 5) is 12.2. The van der Waals surface area contributed by atoms with Gasteiger partial charge in [0.15, 0.2) is 0 Å². The second kappa shape index (κ2) is 12.1. The molecule has 2 rings (SSSR count). The van der Waals surface area contributed by atoms with Crippen LogP contribution in [0.5, 0.6) is 11.5 Å². The van der Waals surface area contributed by atoms with E-state index in [2.05, 4.69) is 26.1 Å². The molecule has 0 spiro atoms. The molecule has 0 heterocycles. The van der Waals surface area contributed by atoms with Gasteiger partial charge in [0.2, 0.25) is 15.9 Å². The quantitative estimate of drug-likeness (QED) is 0.443. The van der Waals surface area contributed by atoms with Crippen LogP contribution in [0.15, 0.2) is 48.5 Å². The number of hydrogen-bond acceptors (Lipinski definition) is 5. The zero-order valence-electron chi connectivity index (χ0n) is 21.1. The van der Waals surface area contributed by atoms with Crippen molar-refractivity contribution < 1.29 is 22.7 Å². The fraction of sp³-hybridized carbons (Fsp3) is 0.500. The van der Waals surface area contributed by atoms with Crippen molar-refractivity contribution in [3.63, 3.8) is 0 Å². The highest BCUT2D eigenvalue weighted by molar-refractivity contribution is 7.92. The maximum Gasteiger partial charge on any atom is 0.232 e. The molecule has 0 aliphatic rings. The molecule has 0 unspecified atom stereocenters. The lowest BCUT2D eigenvalue weighted by atomic mass is 9.87. The van der Waals surface area contributed by atoms with Gasteiger partial charge in [-0.2, -0.15) is 0 Å². The normalized spacial score (nSPS) is 11.9. The molecule has 0 fully saturated rings. The fourth-order valence-corrected chi connectivity index (χ4v) is 4.31. The largest absolute Gasteiger partial charge is 0.492 e. The van der Waals surface area contributed by atoms with E-state index in [0.29, 0.717) is 31.0 Å². The monoisotopic (exact) mass is 490 g/mol. The van der Waals surface area contributed by atoms with Gasteiger partial charge >= 0.3 is 0 Å². The summed E-state index contributed by atoms with van der Waals surface area (Å²) in [6, 6.07) is 14.9. The third-order valence-electron chi connectivity index (χ3n) is 5.06. The number of ether oxygens (including phenoxy) is 2. The van der Waals surface area contributed by atoms with Crippen LogP contribution in [-0.4, -0.2) is 46.4 Å². The van der Waals surface area contributed by atoms with Crippen LogP contribution in [0.4, 0.5) is 5.69 Å². The maximum absolute atomic E-state index is 12.3. The van der Waals surface area contributed by atoms with Gasteiger partial charge in [0, 0.05) is 19.0 Å². The average molecular weight is 491 g/mol. The van der Waals surface area contributed by atoms with Crippen molar-refractivity contribution in [2.45, 2.75) is 59.0 Å². The second-order valence-corrected chi connectivity index (χ2v) is 11.5. The number of carbonyl (C=O) groups excluding carboxylic acids is 1. The Morgan fingerprint density at radius 3 is 2.32 bits per heavy atom. The summed E-state index contributed by atoms with van der Waals surface area (Å²) in [7, 11) is -3.50. The number of benzene rings is 2. The Hall–Kier alpha value is -2.74. The van der Waals surface area contributed by atoms with Gasteiger partial charge in [0.05, 0.1) is 24.6 Å². The van der Waals surface area contributed by atoms with Gasteiger partial charge in [-0.3, -0.25) is 9.10 Å². The average Bonchev–Trinajstić information content (AvgIpc) is 2.73. The summed E-state index contributed by atoms with van der Waals surface area (Å²) < 4.78 is 37.3. The van der Waals surface area contributed by atoms with Crippen LogP contribution in [-0.2, 0) is 20.2 Å². The smallest absolute Gasteiger partial charge is 0.232 e. The van der Waals surface area contributed by atoms with E-state index in [4.69, 9.17) is 9.47 Å². The third-order valence-corrected chi connectivity index (χ3v) is 6.25. The molecular formula is C26H38N2O5S. The van der Waals surface area contributed by atoms with Crippen LogP contribution in [0, 0.1) is 0 Å². The van der Waals surface area contributed by atoms with E-state index >= 15 is 0 Å². The summed E-state index contributed by atoms with van der Waals surface area (Å²) in [5, 5.41) is 2.82. The number of nitrogens with one attached hydrogen (secondary N) is 1. The predicted molar refractivity (Wildman–Crippen MR) is 137 cm³/mol. The molecule has 0 aliphatic heterocycles. The Bertz CT molecular complexity index is 1030. The van der Waals surface area contributed by atoms with Gasteiger partial charge in [0.1, 0.15) is 18.1 Å². The molecule has 2 aromatic carbocycles. The lowest BCUT2D eigenvalue weighted by Crippen LogP contribution is -2.33. The number of nitrogens with zero attached hydrogens (tertiary/aromatic N) is 1. The molecule has 8 heteroatoms. The highest BCUT2D eigenvalue weighted by Crippen LogP contribution is 2.25. The molecule has 188 valence electrons. The number of hydrogen-bond donors (Lipinski definition) is 1. The van der Waals surface area contributed by atoms with Crippen molar-refractivity contribution in [2.24, 2.45) is 0 Å². The zero-order valence-corrected chi connectivity index (χ0v) is 21.9. The molecule has 0 saturated carbocycles. The van der Waals surface area contributed by atoms with E-state index in [-0.39, 0.29) is 30.4 Å². The highest BCUT2D eigenvalue weighted by Gasteiger charge is 2.18. The minimum Gasteiger partial charge on any atom is -0.492 e. The van der Waals surface area contributed by atoms with E-state index < -0.39 is 10.0 Å².